The molecule has 1 atom stereocenters. The molecule has 15 heavy (non-hydrogen) atoms. The average molecular weight is 272 g/mol. The fourth-order valence-corrected chi connectivity index (χ4v) is 1.98. The summed E-state index contributed by atoms with van der Waals surface area (Å²) < 4.78 is 11.4. The van der Waals surface area contributed by atoms with Gasteiger partial charge in [-0.1, -0.05) is 15.9 Å². The van der Waals surface area contributed by atoms with Crippen molar-refractivity contribution in [2.24, 2.45) is 5.73 Å². The van der Waals surface area contributed by atoms with Crippen LogP contribution in [0.2, 0.25) is 0 Å². The average Bonchev–Trinajstić information content (AvgIpc) is 2.18. The third-order valence-corrected chi connectivity index (χ3v) is 2.71. The van der Waals surface area contributed by atoms with E-state index in [-0.39, 0.29) is 6.10 Å². The van der Waals surface area contributed by atoms with Gasteiger partial charge in [0.1, 0.15) is 11.9 Å². The molecule has 80 valence electrons. The van der Waals surface area contributed by atoms with E-state index in [0.717, 1.165) is 15.8 Å². The van der Waals surface area contributed by atoms with Gasteiger partial charge in [-0.05, 0) is 18.2 Å². The molecule has 2 N–H and O–H groups in total. The van der Waals surface area contributed by atoms with E-state index in [4.69, 9.17) is 15.2 Å². The first-order valence-corrected chi connectivity index (χ1v) is 5.34. The van der Waals surface area contributed by atoms with E-state index in [1.165, 1.54) is 0 Å². The minimum absolute atomic E-state index is 0.302. The Hall–Kier alpha value is -1.23. The first-order valence-electron chi connectivity index (χ1n) is 4.55. The van der Waals surface area contributed by atoms with Crippen molar-refractivity contribution in [3.8, 4) is 5.75 Å². The van der Waals surface area contributed by atoms with Gasteiger partial charge in [0.2, 0.25) is 0 Å². The van der Waals surface area contributed by atoms with E-state index in [0.29, 0.717) is 13.0 Å². The number of benzene rings is 1. The van der Waals surface area contributed by atoms with Crippen molar-refractivity contribution in [1.82, 2.24) is 0 Å². The second-order valence-electron chi connectivity index (χ2n) is 3.24. The monoisotopic (exact) mass is 271 g/mol. The Balaban J connectivity index is 2.32. The summed E-state index contributed by atoms with van der Waals surface area (Å²) in [4.78, 5) is 10.7. The van der Waals surface area contributed by atoms with Crippen LogP contribution in [0.4, 0.5) is 4.79 Å². The largest absolute Gasteiger partial charge is 0.493 e. The van der Waals surface area contributed by atoms with Crippen LogP contribution in [-0.2, 0) is 4.74 Å². The van der Waals surface area contributed by atoms with Crippen LogP contribution < -0.4 is 10.5 Å². The molecular formula is C10H10BrNO3. The lowest BCUT2D eigenvalue weighted by Gasteiger charge is -2.25. The second-order valence-corrected chi connectivity index (χ2v) is 4.16. The molecule has 0 fully saturated rings. The fraction of sp³-hybridized carbons (Fsp3) is 0.300. The predicted molar refractivity (Wildman–Crippen MR) is 57.7 cm³/mol. The Bertz CT molecular complexity index is 394. The molecule has 0 spiro atoms. The zero-order valence-corrected chi connectivity index (χ0v) is 9.49. The van der Waals surface area contributed by atoms with Crippen molar-refractivity contribution in [2.45, 2.75) is 12.5 Å². The molecule has 1 aromatic rings. The Morgan fingerprint density at radius 3 is 3.13 bits per heavy atom. The van der Waals surface area contributed by atoms with E-state index in [1.807, 2.05) is 18.2 Å². The van der Waals surface area contributed by atoms with Gasteiger partial charge in [-0.2, -0.15) is 0 Å². The molecule has 0 saturated carbocycles. The molecule has 4 nitrogen and oxygen atoms in total. The van der Waals surface area contributed by atoms with Gasteiger partial charge in [-0.3, -0.25) is 0 Å². The minimum atomic E-state index is -0.757. The number of ether oxygens (including phenoxy) is 2. The molecule has 1 aliphatic heterocycles. The summed E-state index contributed by atoms with van der Waals surface area (Å²) in [6.07, 6.45) is -0.427. The van der Waals surface area contributed by atoms with Crippen molar-refractivity contribution in [1.29, 1.82) is 0 Å². The molecule has 0 aromatic heterocycles. The number of carbonyl (C=O) groups is 1. The van der Waals surface area contributed by atoms with Gasteiger partial charge in [-0.15, -0.1) is 0 Å². The second kappa shape index (κ2) is 4.10. The Kier molecular flexibility index (Phi) is 2.81. The molecule has 0 bridgehead atoms. The van der Waals surface area contributed by atoms with Crippen LogP contribution >= 0.6 is 15.9 Å². The van der Waals surface area contributed by atoms with Crippen LogP contribution in [-0.4, -0.2) is 12.7 Å². The highest BCUT2D eigenvalue weighted by Gasteiger charge is 2.24. The third kappa shape index (κ3) is 2.23. The van der Waals surface area contributed by atoms with Crippen LogP contribution in [0.25, 0.3) is 0 Å². The van der Waals surface area contributed by atoms with Crippen molar-refractivity contribution in [3.05, 3.63) is 28.2 Å². The zero-order chi connectivity index (χ0) is 10.8. The molecule has 0 aliphatic carbocycles. The molecule has 1 aliphatic rings. The summed E-state index contributed by atoms with van der Waals surface area (Å²) in [5, 5.41) is 0. The summed E-state index contributed by atoms with van der Waals surface area (Å²) in [6, 6.07) is 5.60. The first-order chi connectivity index (χ1) is 7.16. The van der Waals surface area contributed by atoms with Gasteiger partial charge in [0.15, 0.2) is 0 Å². The van der Waals surface area contributed by atoms with Gasteiger partial charge in [0, 0.05) is 16.5 Å². The molecule has 1 aromatic carbocycles. The van der Waals surface area contributed by atoms with E-state index in [9.17, 15) is 4.79 Å². The van der Waals surface area contributed by atoms with Crippen LogP contribution in [0.1, 0.15) is 18.1 Å². The summed E-state index contributed by atoms with van der Waals surface area (Å²) in [5.41, 5.74) is 5.86. The number of nitrogens with two attached hydrogens (primary N) is 1. The van der Waals surface area contributed by atoms with Crippen LogP contribution in [0.5, 0.6) is 5.75 Å². The predicted octanol–water partition coefficient (Wildman–Crippen LogP) is 2.37. The fourth-order valence-electron chi connectivity index (χ4n) is 1.60. The summed E-state index contributed by atoms with van der Waals surface area (Å²) in [7, 11) is 0. The lowest BCUT2D eigenvalue weighted by Crippen LogP contribution is -2.22. The molecule has 5 heteroatoms. The van der Waals surface area contributed by atoms with E-state index >= 15 is 0 Å². The highest BCUT2D eigenvalue weighted by atomic mass is 79.9. The standard InChI is InChI=1S/C10H10BrNO3/c11-6-1-2-8-7(5-6)9(3-4-14-8)15-10(12)13/h1-2,5,9H,3-4H2,(H2,12,13). The van der Waals surface area contributed by atoms with E-state index in [2.05, 4.69) is 15.9 Å². The van der Waals surface area contributed by atoms with Crippen LogP contribution in [0.3, 0.4) is 0 Å². The molecule has 0 saturated heterocycles. The van der Waals surface area contributed by atoms with Crippen molar-refractivity contribution in [2.75, 3.05) is 6.61 Å². The minimum Gasteiger partial charge on any atom is -0.493 e. The number of primary amides is 1. The maximum absolute atomic E-state index is 10.7. The molecule has 1 amide bonds. The molecular weight excluding hydrogens is 262 g/mol. The number of hydrogen-bond acceptors (Lipinski definition) is 3. The quantitative estimate of drug-likeness (QED) is 0.853. The summed E-state index contributed by atoms with van der Waals surface area (Å²) in [6.45, 7) is 0.534. The van der Waals surface area contributed by atoms with Crippen molar-refractivity contribution in [3.63, 3.8) is 0 Å². The van der Waals surface area contributed by atoms with E-state index < -0.39 is 6.09 Å². The third-order valence-electron chi connectivity index (χ3n) is 2.21. The highest BCUT2D eigenvalue weighted by molar-refractivity contribution is 9.10. The number of rotatable bonds is 1. The van der Waals surface area contributed by atoms with E-state index in [1.54, 1.807) is 0 Å². The smallest absolute Gasteiger partial charge is 0.405 e. The number of carbonyl (C=O) groups excluding carboxylic acids is 1. The van der Waals surface area contributed by atoms with Crippen LogP contribution in [0.15, 0.2) is 22.7 Å². The summed E-state index contributed by atoms with van der Waals surface area (Å²) >= 11 is 3.36. The van der Waals surface area contributed by atoms with Gasteiger partial charge < -0.3 is 15.2 Å². The normalized spacial score (nSPS) is 18.9. The number of fused-ring (bicyclic) bond motifs is 1. The Labute approximate surface area is 95.5 Å². The van der Waals surface area contributed by atoms with Gasteiger partial charge >= 0.3 is 6.09 Å². The SMILES string of the molecule is NC(=O)OC1CCOc2ccc(Br)cc21. The first kappa shape index (κ1) is 10.3. The number of halogens is 1. The van der Waals surface area contributed by atoms with Crippen molar-refractivity contribution >= 4 is 22.0 Å². The molecule has 1 unspecified atom stereocenters. The maximum atomic E-state index is 10.7. The lowest BCUT2D eigenvalue weighted by molar-refractivity contribution is 0.0765. The zero-order valence-electron chi connectivity index (χ0n) is 7.90. The highest BCUT2D eigenvalue weighted by Crippen LogP contribution is 2.36. The number of hydrogen-bond donors (Lipinski definition) is 1. The maximum Gasteiger partial charge on any atom is 0.405 e. The molecule has 0 radical (unpaired) electrons. The van der Waals surface area contributed by atoms with Crippen LogP contribution in [0, 0.1) is 0 Å². The van der Waals surface area contributed by atoms with Gasteiger partial charge in [0.05, 0.1) is 6.61 Å². The van der Waals surface area contributed by atoms with Gasteiger partial charge in [-0.25, -0.2) is 4.79 Å². The van der Waals surface area contributed by atoms with Gasteiger partial charge in [0.25, 0.3) is 0 Å². The summed E-state index contributed by atoms with van der Waals surface area (Å²) in [5.74, 6) is 0.746. The van der Waals surface area contributed by atoms with Crippen molar-refractivity contribution < 1.29 is 14.3 Å². The molecule has 2 rings (SSSR count). The lowest BCUT2D eigenvalue weighted by atomic mass is 10.0. The Morgan fingerprint density at radius 2 is 2.40 bits per heavy atom. The topological polar surface area (TPSA) is 61.6 Å². The molecule has 1 heterocycles. The Morgan fingerprint density at radius 1 is 1.60 bits per heavy atom. The number of amides is 1.